The normalized spacial score (nSPS) is 11.3. The summed E-state index contributed by atoms with van der Waals surface area (Å²) in [4.78, 5) is 4.33. The van der Waals surface area contributed by atoms with Gasteiger partial charge in [0, 0.05) is 23.5 Å². The van der Waals surface area contributed by atoms with Crippen molar-refractivity contribution in [2.45, 2.75) is 26.3 Å². The molecule has 0 unspecified atom stereocenters. The van der Waals surface area contributed by atoms with Crippen LogP contribution in [0.4, 0.5) is 4.39 Å². The average Bonchev–Trinajstić information content (AvgIpc) is 2.98. The number of rotatable bonds is 4. The summed E-state index contributed by atoms with van der Waals surface area (Å²) in [6.45, 7) is 2.58. The molecule has 0 bridgehead atoms. The lowest BCUT2D eigenvalue weighted by Crippen LogP contribution is -1.98. The highest BCUT2D eigenvalue weighted by atomic mass is 19.1. The Kier molecular flexibility index (Phi) is 3.03. The van der Waals surface area contributed by atoms with Gasteiger partial charge in [0.2, 0.25) is 5.89 Å². The van der Waals surface area contributed by atoms with E-state index in [1.54, 1.807) is 6.07 Å². The molecule has 0 atom stereocenters. The first-order valence-electron chi connectivity index (χ1n) is 6.32. The van der Waals surface area contributed by atoms with Crippen LogP contribution >= 0.6 is 0 Å². The third-order valence-corrected chi connectivity index (χ3v) is 3.02. The molecule has 0 aliphatic heterocycles. The number of halogens is 1. The highest BCUT2D eigenvalue weighted by molar-refractivity contribution is 5.80. The third-order valence-electron chi connectivity index (χ3n) is 3.02. The maximum atomic E-state index is 13.1. The van der Waals surface area contributed by atoms with Gasteiger partial charge < -0.3 is 9.09 Å². The van der Waals surface area contributed by atoms with E-state index in [9.17, 15) is 4.39 Å². The molecule has 19 heavy (non-hydrogen) atoms. The molecule has 0 saturated heterocycles. The van der Waals surface area contributed by atoms with E-state index in [0.717, 1.165) is 29.6 Å². The van der Waals surface area contributed by atoms with Crippen molar-refractivity contribution in [3.8, 4) is 0 Å². The van der Waals surface area contributed by atoms with Gasteiger partial charge in [0.1, 0.15) is 12.4 Å². The fourth-order valence-electron chi connectivity index (χ4n) is 2.13. The van der Waals surface area contributed by atoms with Crippen LogP contribution in [0.2, 0.25) is 0 Å². The minimum atomic E-state index is -0.228. The van der Waals surface area contributed by atoms with Crippen LogP contribution in [0.3, 0.4) is 0 Å². The van der Waals surface area contributed by atoms with Crippen molar-refractivity contribution in [3.63, 3.8) is 0 Å². The molecule has 0 spiro atoms. The van der Waals surface area contributed by atoms with E-state index in [4.69, 9.17) is 4.52 Å². The van der Waals surface area contributed by atoms with Crippen molar-refractivity contribution in [2.75, 3.05) is 0 Å². The minimum absolute atomic E-state index is 0.228. The summed E-state index contributed by atoms with van der Waals surface area (Å²) in [5.74, 6) is 1.08. The van der Waals surface area contributed by atoms with E-state index in [1.807, 2.05) is 16.8 Å². The summed E-state index contributed by atoms with van der Waals surface area (Å²) < 4.78 is 20.3. The Bertz CT molecular complexity index is 702. The van der Waals surface area contributed by atoms with Crippen LogP contribution in [0.5, 0.6) is 0 Å². The number of nitrogens with zero attached hydrogens (tertiary/aromatic N) is 3. The fraction of sp³-hybridized carbons (Fsp3) is 0.286. The lowest BCUT2D eigenvalue weighted by molar-refractivity contribution is 0.367. The number of hydrogen-bond donors (Lipinski definition) is 0. The number of fused-ring (bicyclic) bond motifs is 1. The number of benzene rings is 1. The van der Waals surface area contributed by atoms with Crippen molar-refractivity contribution >= 4 is 10.9 Å². The maximum absolute atomic E-state index is 13.1. The molecule has 0 radical (unpaired) electrons. The topological polar surface area (TPSA) is 43.9 Å². The van der Waals surface area contributed by atoms with E-state index in [1.165, 1.54) is 12.1 Å². The van der Waals surface area contributed by atoms with E-state index >= 15 is 0 Å². The molecule has 2 aromatic heterocycles. The van der Waals surface area contributed by atoms with Gasteiger partial charge in [0.05, 0.1) is 0 Å². The molecule has 2 heterocycles. The lowest BCUT2D eigenvalue weighted by Gasteiger charge is -2.01. The molecule has 0 amide bonds. The molecule has 0 aliphatic carbocycles. The van der Waals surface area contributed by atoms with Crippen LogP contribution in [-0.4, -0.2) is 14.7 Å². The summed E-state index contributed by atoms with van der Waals surface area (Å²) in [7, 11) is 0. The summed E-state index contributed by atoms with van der Waals surface area (Å²) in [6.07, 6.45) is 3.71. The summed E-state index contributed by atoms with van der Waals surface area (Å²) in [6, 6.07) is 6.60. The largest absolute Gasteiger partial charge is 0.338 e. The predicted octanol–water partition coefficient (Wildman–Crippen LogP) is 3.16. The van der Waals surface area contributed by atoms with E-state index in [0.29, 0.717) is 12.4 Å². The summed E-state index contributed by atoms with van der Waals surface area (Å²) in [5, 5.41) is 4.79. The van der Waals surface area contributed by atoms with Crippen LogP contribution in [0.15, 0.2) is 35.0 Å². The molecule has 3 rings (SSSR count). The molecule has 3 aromatic rings. The van der Waals surface area contributed by atoms with Crippen LogP contribution in [0.25, 0.3) is 10.9 Å². The fourth-order valence-corrected chi connectivity index (χ4v) is 2.13. The van der Waals surface area contributed by atoms with Gasteiger partial charge >= 0.3 is 0 Å². The van der Waals surface area contributed by atoms with E-state index < -0.39 is 0 Å². The van der Waals surface area contributed by atoms with E-state index in [2.05, 4.69) is 17.1 Å². The standard InChI is InChI=1S/C14H14FN3O/c1-2-3-13-16-14(19-17-13)9-18-7-6-10-8-11(15)4-5-12(10)18/h4-8H,2-3,9H2,1H3. The minimum Gasteiger partial charge on any atom is -0.338 e. The highest BCUT2D eigenvalue weighted by Gasteiger charge is 2.08. The molecule has 4 nitrogen and oxygen atoms in total. The molecular weight excluding hydrogens is 245 g/mol. The van der Waals surface area contributed by atoms with Gasteiger partial charge in [0.15, 0.2) is 5.82 Å². The van der Waals surface area contributed by atoms with E-state index in [-0.39, 0.29) is 5.82 Å². The zero-order chi connectivity index (χ0) is 13.2. The molecule has 98 valence electrons. The van der Waals surface area contributed by atoms with Crippen LogP contribution in [-0.2, 0) is 13.0 Å². The molecular formula is C14H14FN3O. The second-order valence-corrected chi connectivity index (χ2v) is 4.50. The van der Waals surface area contributed by atoms with Crippen molar-refractivity contribution in [3.05, 3.63) is 48.0 Å². The van der Waals surface area contributed by atoms with Gasteiger partial charge in [-0.3, -0.25) is 0 Å². The Morgan fingerprint density at radius 2 is 2.21 bits per heavy atom. The average molecular weight is 259 g/mol. The Morgan fingerprint density at radius 3 is 3.05 bits per heavy atom. The maximum Gasteiger partial charge on any atom is 0.246 e. The molecule has 0 N–H and O–H groups in total. The van der Waals surface area contributed by atoms with Crippen LogP contribution in [0, 0.1) is 5.82 Å². The highest BCUT2D eigenvalue weighted by Crippen LogP contribution is 2.18. The third kappa shape index (κ3) is 2.36. The van der Waals surface area contributed by atoms with Crippen molar-refractivity contribution in [2.24, 2.45) is 0 Å². The number of hydrogen-bond acceptors (Lipinski definition) is 3. The van der Waals surface area contributed by atoms with Gasteiger partial charge in [-0.1, -0.05) is 12.1 Å². The van der Waals surface area contributed by atoms with Crippen LogP contribution < -0.4 is 0 Å². The monoisotopic (exact) mass is 259 g/mol. The predicted molar refractivity (Wildman–Crippen MR) is 69.3 cm³/mol. The molecule has 0 saturated carbocycles. The van der Waals surface area contributed by atoms with Gasteiger partial charge in [-0.15, -0.1) is 0 Å². The number of aromatic nitrogens is 3. The Hall–Kier alpha value is -2.17. The molecule has 0 fully saturated rings. The second kappa shape index (κ2) is 4.84. The van der Waals surface area contributed by atoms with Crippen LogP contribution in [0.1, 0.15) is 25.1 Å². The zero-order valence-corrected chi connectivity index (χ0v) is 10.6. The first-order valence-corrected chi connectivity index (χ1v) is 6.32. The quantitative estimate of drug-likeness (QED) is 0.722. The smallest absolute Gasteiger partial charge is 0.246 e. The summed E-state index contributed by atoms with van der Waals surface area (Å²) >= 11 is 0. The first kappa shape index (κ1) is 11.9. The molecule has 0 aliphatic rings. The summed E-state index contributed by atoms with van der Waals surface area (Å²) in [5.41, 5.74) is 0.955. The van der Waals surface area contributed by atoms with Gasteiger partial charge in [-0.25, -0.2) is 4.39 Å². The second-order valence-electron chi connectivity index (χ2n) is 4.50. The molecule has 1 aromatic carbocycles. The Morgan fingerprint density at radius 1 is 1.32 bits per heavy atom. The van der Waals surface area contributed by atoms with Gasteiger partial charge in [-0.2, -0.15) is 4.98 Å². The number of aryl methyl sites for hydroxylation is 1. The SMILES string of the molecule is CCCc1noc(Cn2ccc3cc(F)ccc32)n1. The van der Waals surface area contributed by atoms with Crippen molar-refractivity contribution in [1.29, 1.82) is 0 Å². The zero-order valence-electron chi connectivity index (χ0n) is 10.6. The van der Waals surface area contributed by atoms with Crippen molar-refractivity contribution in [1.82, 2.24) is 14.7 Å². The lowest BCUT2D eigenvalue weighted by atomic mass is 10.2. The Labute approximate surface area is 109 Å². The van der Waals surface area contributed by atoms with Gasteiger partial charge in [-0.05, 0) is 30.7 Å². The first-order chi connectivity index (χ1) is 9.26. The van der Waals surface area contributed by atoms with Gasteiger partial charge in [0.25, 0.3) is 0 Å². The van der Waals surface area contributed by atoms with Crippen molar-refractivity contribution < 1.29 is 8.91 Å². The Balaban J connectivity index is 1.88. The molecule has 5 heteroatoms.